The molecule has 0 spiro atoms. The number of aryl methyl sites for hydroxylation is 1. The standard InChI is InChI=1S/C15H17N3O5S/c1-11-2-5-15(19)18(17-11)7-6-16-24(20,21)12-3-4-13-14(10-12)23-9-8-22-13/h2-5,10,16H,6-9H2,1H3. The summed E-state index contributed by atoms with van der Waals surface area (Å²) in [6, 6.07) is 7.45. The van der Waals surface area contributed by atoms with Gasteiger partial charge in [-0.1, -0.05) is 0 Å². The molecule has 0 saturated carbocycles. The number of fused-ring (bicyclic) bond motifs is 1. The lowest BCUT2D eigenvalue weighted by molar-refractivity contribution is 0.171. The minimum absolute atomic E-state index is 0.0487. The second-order valence-electron chi connectivity index (χ2n) is 5.24. The number of nitrogens with one attached hydrogen (secondary N) is 1. The Kier molecular flexibility index (Phi) is 4.54. The van der Waals surface area contributed by atoms with Crippen LogP contribution in [0.3, 0.4) is 0 Å². The van der Waals surface area contributed by atoms with Gasteiger partial charge in [-0.2, -0.15) is 5.10 Å². The van der Waals surface area contributed by atoms with Crippen LogP contribution in [0.5, 0.6) is 11.5 Å². The predicted molar refractivity (Wildman–Crippen MR) is 85.9 cm³/mol. The molecule has 8 nitrogen and oxygen atoms in total. The quantitative estimate of drug-likeness (QED) is 0.832. The highest BCUT2D eigenvalue weighted by atomic mass is 32.2. The molecule has 1 aliphatic rings. The maximum Gasteiger partial charge on any atom is 0.266 e. The summed E-state index contributed by atoms with van der Waals surface area (Å²) in [7, 11) is -3.72. The molecule has 0 amide bonds. The third-order valence-electron chi connectivity index (χ3n) is 3.44. The van der Waals surface area contributed by atoms with Gasteiger partial charge in [0.2, 0.25) is 10.0 Å². The van der Waals surface area contributed by atoms with Gasteiger partial charge >= 0.3 is 0 Å². The van der Waals surface area contributed by atoms with Gasteiger partial charge in [0.05, 0.1) is 17.1 Å². The van der Waals surface area contributed by atoms with Crippen molar-refractivity contribution in [3.8, 4) is 11.5 Å². The molecule has 128 valence electrons. The van der Waals surface area contributed by atoms with Crippen molar-refractivity contribution < 1.29 is 17.9 Å². The van der Waals surface area contributed by atoms with Crippen LogP contribution in [0, 0.1) is 6.92 Å². The van der Waals surface area contributed by atoms with E-state index in [0.29, 0.717) is 30.4 Å². The largest absolute Gasteiger partial charge is 0.486 e. The molecule has 1 aromatic carbocycles. The van der Waals surface area contributed by atoms with Crippen LogP contribution < -0.4 is 19.8 Å². The van der Waals surface area contributed by atoms with Gasteiger partial charge in [0, 0.05) is 18.7 Å². The van der Waals surface area contributed by atoms with E-state index in [1.807, 2.05) is 0 Å². The predicted octanol–water partition coefficient (Wildman–Crippen LogP) is 0.301. The average Bonchev–Trinajstić information content (AvgIpc) is 2.57. The minimum atomic E-state index is -3.72. The van der Waals surface area contributed by atoms with Crippen molar-refractivity contribution >= 4 is 10.0 Å². The summed E-state index contributed by atoms with van der Waals surface area (Å²) in [5, 5.41) is 4.06. The molecular formula is C15H17N3O5S. The molecule has 0 bridgehead atoms. The van der Waals surface area contributed by atoms with Gasteiger partial charge < -0.3 is 9.47 Å². The summed E-state index contributed by atoms with van der Waals surface area (Å²) >= 11 is 0. The molecule has 3 rings (SSSR count). The number of nitrogens with zero attached hydrogens (tertiary/aromatic N) is 2. The zero-order valence-corrected chi connectivity index (χ0v) is 13.9. The van der Waals surface area contributed by atoms with E-state index in [2.05, 4.69) is 9.82 Å². The Labute approximate surface area is 139 Å². The third-order valence-corrected chi connectivity index (χ3v) is 4.90. The fourth-order valence-electron chi connectivity index (χ4n) is 2.27. The van der Waals surface area contributed by atoms with E-state index in [1.54, 1.807) is 19.1 Å². The second-order valence-corrected chi connectivity index (χ2v) is 7.01. The van der Waals surface area contributed by atoms with Crippen molar-refractivity contribution in [2.75, 3.05) is 19.8 Å². The molecule has 24 heavy (non-hydrogen) atoms. The Hall–Kier alpha value is -2.39. The van der Waals surface area contributed by atoms with Crippen LogP contribution in [0.4, 0.5) is 0 Å². The normalized spacial score (nSPS) is 13.7. The van der Waals surface area contributed by atoms with Crippen molar-refractivity contribution in [2.45, 2.75) is 18.4 Å². The molecule has 0 saturated heterocycles. The van der Waals surface area contributed by atoms with Crippen molar-refractivity contribution in [3.05, 3.63) is 46.4 Å². The first-order chi connectivity index (χ1) is 11.5. The van der Waals surface area contributed by atoms with Crippen molar-refractivity contribution in [3.63, 3.8) is 0 Å². The molecule has 0 unspecified atom stereocenters. The molecule has 9 heteroatoms. The number of aromatic nitrogens is 2. The van der Waals surface area contributed by atoms with Gasteiger partial charge in [0.15, 0.2) is 11.5 Å². The van der Waals surface area contributed by atoms with E-state index in [1.165, 1.54) is 22.9 Å². The summed E-state index contributed by atoms with van der Waals surface area (Å²) in [5.41, 5.74) is 0.406. The first-order valence-corrected chi connectivity index (χ1v) is 8.88. The summed E-state index contributed by atoms with van der Waals surface area (Å²) in [6.07, 6.45) is 0. The first kappa shape index (κ1) is 16.5. The van der Waals surface area contributed by atoms with Crippen LogP contribution in [0.15, 0.2) is 40.0 Å². The molecule has 1 aromatic heterocycles. The molecule has 2 heterocycles. The van der Waals surface area contributed by atoms with Gasteiger partial charge in [-0.15, -0.1) is 0 Å². The van der Waals surface area contributed by atoms with Crippen LogP contribution in [0.2, 0.25) is 0 Å². The van der Waals surface area contributed by atoms with Gasteiger partial charge in [0.1, 0.15) is 13.2 Å². The fraction of sp³-hybridized carbons (Fsp3) is 0.333. The smallest absolute Gasteiger partial charge is 0.266 e. The van der Waals surface area contributed by atoms with Gasteiger partial charge in [0.25, 0.3) is 5.56 Å². The Morgan fingerprint density at radius 3 is 2.71 bits per heavy atom. The van der Waals surface area contributed by atoms with E-state index >= 15 is 0 Å². The van der Waals surface area contributed by atoms with Crippen LogP contribution in [-0.2, 0) is 16.6 Å². The molecule has 0 fully saturated rings. The van der Waals surface area contributed by atoms with Crippen molar-refractivity contribution in [2.24, 2.45) is 0 Å². The summed E-state index contributed by atoms with van der Waals surface area (Å²) in [4.78, 5) is 11.7. The van der Waals surface area contributed by atoms with Crippen LogP contribution in [0.1, 0.15) is 5.69 Å². The minimum Gasteiger partial charge on any atom is -0.486 e. The zero-order chi connectivity index (χ0) is 17.2. The van der Waals surface area contributed by atoms with E-state index < -0.39 is 10.0 Å². The molecule has 1 aliphatic heterocycles. The molecule has 2 aromatic rings. The van der Waals surface area contributed by atoms with Gasteiger partial charge in [-0.3, -0.25) is 4.79 Å². The van der Waals surface area contributed by atoms with Crippen molar-refractivity contribution in [1.82, 2.24) is 14.5 Å². The van der Waals surface area contributed by atoms with Crippen LogP contribution in [0.25, 0.3) is 0 Å². The monoisotopic (exact) mass is 351 g/mol. The average molecular weight is 351 g/mol. The first-order valence-electron chi connectivity index (χ1n) is 7.40. The highest BCUT2D eigenvalue weighted by molar-refractivity contribution is 7.89. The Morgan fingerprint density at radius 1 is 1.17 bits per heavy atom. The zero-order valence-electron chi connectivity index (χ0n) is 13.1. The molecule has 0 aliphatic carbocycles. The third kappa shape index (κ3) is 3.57. The Morgan fingerprint density at radius 2 is 1.92 bits per heavy atom. The van der Waals surface area contributed by atoms with Crippen LogP contribution in [-0.4, -0.2) is 38.0 Å². The number of ether oxygens (including phenoxy) is 2. The topological polar surface area (TPSA) is 99.5 Å². The van der Waals surface area contributed by atoms with Crippen molar-refractivity contribution in [1.29, 1.82) is 0 Å². The fourth-order valence-corrected chi connectivity index (χ4v) is 3.31. The van der Waals surface area contributed by atoms with Crippen LogP contribution >= 0.6 is 0 Å². The van der Waals surface area contributed by atoms with E-state index in [4.69, 9.17) is 9.47 Å². The molecule has 0 atom stereocenters. The number of sulfonamides is 1. The number of hydrogen-bond donors (Lipinski definition) is 1. The molecular weight excluding hydrogens is 334 g/mol. The highest BCUT2D eigenvalue weighted by Crippen LogP contribution is 2.32. The number of rotatable bonds is 5. The Balaban J connectivity index is 1.70. The lowest BCUT2D eigenvalue weighted by Crippen LogP contribution is -2.32. The summed E-state index contributed by atoms with van der Waals surface area (Å²) < 4.78 is 39.1. The number of benzene rings is 1. The highest BCUT2D eigenvalue weighted by Gasteiger charge is 2.19. The second kappa shape index (κ2) is 6.62. The van der Waals surface area contributed by atoms with E-state index in [0.717, 1.165) is 0 Å². The van der Waals surface area contributed by atoms with Gasteiger partial charge in [-0.25, -0.2) is 17.8 Å². The lowest BCUT2D eigenvalue weighted by atomic mass is 10.3. The SMILES string of the molecule is Cc1ccc(=O)n(CCNS(=O)(=O)c2ccc3c(c2)OCCO3)n1. The Bertz CT molecular complexity index is 908. The van der Waals surface area contributed by atoms with E-state index in [9.17, 15) is 13.2 Å². The molecule has 1 N–H and O–H groups in total. The number of hydrogen-bond acceptors (Lipinski definition) is 6. The summed E-state index contributed by atoms with van der Waals surface area (Å²) in [5.74, 6) is 0.927. The maximum atomic E-state index is 12.3. The maximum absolute atomic E-state index is 12.3. The van der Waals surface area contributed by atoms with Gasteiger partial charge in [-0.05, 0) is 25.1 Å². The lowest BCUT2D eigenvalue weighted by Gasteiger charge is -2.18. The molecule has 0 radical (unpaired) electrons. The van der Waals surface area contributed by atoms with E-state index in [-0.39, 0.29) is 23.5 Å². The summed E-state index contributed by atoms with van der Waals surface area (Å²) in [6.45, 7) is 2.77.